The van der Waals surface area contributed by atoms with Gasteiger partial charge in [0.15, 0.2) is 11.6 Å². The Morgan fingerprint density at radius 3 is 2.66 bits per heavy atom. The van der Waals surface area contributed by atoms with Crippen LogP contribution in [-0.2, 0) is 9.36 Å². The fourth-order valence-corrected chi connectivity index (χ4v) is 6.93. The number of carbonyl (C=O) groups is 1. The maximum atomic E-state index is 15.5. The summed E-state index contributed by atoms with van der Waals surface area (Å²) in [7, 11) is -2.56. The average molecular weight is 600 g/mol. The number of carbonyl (C=O) groups excluding carboxylic acids is 1. The van der Waals surface area contributed by atoms with Crippen molar-refractivity contribution in [2.45, 2.75) is 19.0 Å². The first-order valence-corrected chi connectivity index (χ1v) is 16.5. The Morgan fingerprint density at radius 1 is 1.12 bits per heavy atom. The summed E-state index contributed by atoms with van der Waals surface area (Å²) in [6, 6.07) is 10.9. The van der Waals surface area contributed by atoms with Crippen molar-refractivity contribution in [3.05, 3.63) is 53.4 Å². The van der Waals surface area contributed by atoms with Gasteiger partial charge in [-0.05, 0) is 31.5 Å². The number of anilines is 5. The molecule has 216 valence electrons. The molecule has 0 saturated carbocycles. The molecule has 1 atom stereocenters. The van der Waals surface area contributed by atoms with Crippen molar-refractivity contribution in [2.75, 3.05) is 68.2 Å². The maximum Gasteiger partial charge on any atom is 0.229 e. The number of fused-ring (bicyclic) bond motifs is 3. The van der Waals surface area contributed by atoms with Crippen molar-refractivity contribution in [2.24, 2.45) is 0 Å². The molecule has 3 aliphatic heterocycles. The number of likely N-dealkylation sites (tertiary alicyclic amines) is 1. The van der Waals surface area contributed by atoms with Crippen LogP contribution in [0.5, 0.6) is 5.75 Å². The lowest BCUT2D eigenvalue weighted by Crippen LogP contribution is -2.67. The summed E-state index contributed by atoms with van der Waals surface area (Å²) in [5.41, 5.74) is 1.55. The first kappa shape index (κ1) is 27.8. The summed E-state index contributed by atoms with van der Waals surface area (Å²) in [6.45, 7) is 9.18. The van der Waals surface area contributed by atoms with Crippen molar-refractivity contribution in [1.29, 1.82) is 0 Å². The van der Waals surface area contributed by atoms with Gasteiger partial charge in [0.1, 0.15) is 30.2 Å². The predicted molar refractivity (Wildman–Crippen MR) is 160 cm³/mol. The van der Waals surface area contributed by atoms with Crippen LogP contribution in [0.4, 0.5) is 33.2 Å². The van der Waals surface area contributed by atoms with Gasteiger partial charge in [0.2, 0.25) is 11.9 Å². The van der Waals surface area contributed by atoms with E-state index in [9.17, 15) is 9.36 Å². The molecule has 2 saturated heterocycles. The second kappa shape index (κ2) is 10.8. The lowest BCUT2D eigenvalue weighted by molar-refractivity contribution is -0.136. The highest BCUT2D eigenvalue weighted by atomic mass is 35.5. The summed E-state index contributed by atoms with van der Waals surface area (Å²) < 4.78 is 34.4. The summed E-state index contributed by atoms with van der Waals surface area (Å²) in [4.78, 5) is 26.6. The Labute approximate surface area is 243 Å². The van der Waals surface area contributed by atoms with Crippen molar-refractivity contribution < 1.29 is 18.5 Å². The Morgan fingerprint density at radius 2 is 1.90 bits per heavy atom. The van der Waals surface area contributed by atoms with Gasteiger partial charge in [0.25, 0.3) is 0 Å². The number of aromatic nitrogens is 2. The van der Waals surface area contributed by atoms with Gasteiger partial charge in [0.05, 0.1) is 17.9 Å². The van der Waals surface area contributed by atoms with Crippen LogP contribution in [-0.4, -0.2) is 90.4 Å². The number of hydrogen-bond acceptors (Lipinski definition) is 9. The second-order valence-corrected chi connectivity index (χ2v) is 14.6. The lowest BCUT2D eigenvalue weighted by atomic mass is 10.0. The average Bonchev–Trinajstić information content (AvgIpc) is 2.89. The van der Waals surface area contributed by atoms with Crippen LogP contribution in [0.15, 0.2) is 42.6 Å². The molecule has 1 amide bonds. The molecule has 0 bridgehead atoms. The molecule has 6 rings (SSSR count). The van der Waals surface area contributed by atoms with E-state index >= 15 is 4.39 Å². The SMILES string of the molecule is CC(=O)N1CC(N2CCN3c4c(F)cc(Nc5ncc(Cl)c(Nc6ccccc6P(C)(C)=O)n5)cc4OC[C@@H]3C2)C1. The van der Waals surface area contributed by atoms with E-state index in [1.165, 1.54) is 12.3 Å². The van der Waals surface area contributed by atoms with Crippen LogP contribution in [0.2, 0.25) is 5.02 Å². The number of halogens is 2. The molecule has 0 aliphatic carbocycles. The van der Waals surface area contributed by atoms with Gasteiger partial charge in [-0.25, -0.2) is 9.37 Å². The predicted octanol–water partition coefficient (Wildman–Crippen LogP) is 4.12. The quantitative estimate of drug-likeness (QED) is 0.405. The number of hydrogen-bond donors (Lipinski definition) is 2. The topological polar surface area (TPSA) is 103 Å². The summed E-state index contributed by atoms with van der Waals surface area (Å²) in [6.07, 6.45) is 1.45. The first-order chi connectivity index (χ1) is 19.6. The molecule has 0 radical (unpaired) electrons. The monoisotopic (exact) mass is 599 g/mol. The zero-order valence-electron chi connectivity index (χ0n) is 23.1. The molecule has 10 nitrogen and oxygen atoms in total. The lowest BCUT2D eigenvalue weighted by Gasteiger charge is -2.51. The third-order valence-corrected chi connectivity index (χ3v) is 9.65. The molecule has 2 aromatic carbocycles. The molecule has 41 heavy (non-hydrogen) atoms. The van der Waals surface area contributed by atoms with Gasteiger partial charge in [-0.1, -0.05) is 23.7 Å². The third-order valence-electron chi connectivity index (χ3n) is 7.82. The highest BCUT2D eigenvalue weighted by Gasteiger charge is 2.40. The van der Waals surface area contributed by atoms with Crippen LogP contribution in [0, 0.1) is 5.82 Å². The van der Waals surface area contributed by atoms with Crippen LogP contribution in [0.25, 0.3) is 0 Å². The van der Waals surface area contributed by atoms with Crippen LogP contribution < -0.4 is 25.6 Å². The molecule has 13 heteroatoms. The van der Waals surface area contributed by atoms with Gasteiger partial charge in [-0.15, -0.1) is 0 Å². The van der Waals surface area contributed by atoms with Gasteiger partial charge >= 0.3 is 0 Å². The minimum atomic E-state index is -2.56. The van der Waals surface area contributed by atoms with E-state index in [2.05, 4.69) is 30.4 Å². The molecular formula is C28H32ClFN7O3P. The molecule has 2 fully saturated rings. The fraction of sp³-hybridized carbons (Fsp3) is 0.393. The number of rotatable bonds is 6. The minimum Gasteiger partial charge on any atom is -0.489 e. The standard InChI is InChI=1S/C28H32ClFN7O3P/c1-17(38)36-13-19(14-36)35-8-9-37-20(15-35)16-40-24-11-18(10-22(30)26(24)37)32-28-31-12-21(29)27(34-28)33-23-6-4-5-7-25(23)41(2,3)39/h4-7,10-12,19-20H,8-9,13-16H2,1-3H3,(H2,31,32,33,34)/t20-/m0/s1. The van der Waals surface area contributed by atoms with Crippen molar-refractivity contribution in [3.63, 3.8) is 0 Å². The molecule has 0 unspecified atom stereocenters. The van der Waals surface area contributed by atoms with Gasteiger partial charge in [-0.3, -0.25) is 9.69 Å². The Hall–Kier alpha value is -3.40. The zero-order chi connectivity index (χ0) is 28.9. The summed E-state index contributed by atoms with van der Waals surface area (Å²) in [5, 5.41) is 7.20. The van der Waals surface area contributed by atoms with Crippen molar-refractivity contribution in [3.8, 4) is 5.75 Å². The normalized spacial score (nSPS) is 19.1. The van der Waals surface area contributed by atoms with Gasteiger partial charge in [-0.2, -0.15) is 4.98 Å². The number of piperazine rings is 1. The molecule has 3 aliphatic rings. The van der Waals surface area contributed by atoms with E-state index in [-0.39, 0.29) is 22.9 Å². The molecule has 4 heterocycles. The number of ether oxygens (including phenoxy) is 1. The third kappa shape index (κ3) is 5.58. The number of amides is 1. The molecule has 2 N–H and O–H groups in total. The molecule has 0 spiro atoms. The smallest absolute Gasteiger partial charge is 0.229 e. The van der Waals surface area contributed by atoms with Crippen molar-refractivity contribution in [1.82, 2.24) is 19.8 Å². The van der Waals surface area contributed by atoms with Crippen LogP contribution in [0.3, 0.4) is 0 Å². The highest BCUT2D eigenvalue weighted by Crippen LogP contribution is 2.41. The maximum absolute atomic E-state index is 15.5. The van der Waals surface area contributed by atoms with Gasteiger partial charge in [0, 0.05) is 62.7 Å². The first-order valence-electron chi connectivity index (χ1n) is 13.5. The number of nitrogens with zero attached hydrogens (tertiary/aromatic N) is 5. The molecular weight excluding hydrogens is 568 g/mol. The summed E-state index contributed by atoms with van der Waals surface area (Å²) >= 11 is 6.37. The Balaban J connectivity index is 1.17. The van der Waals surface area contributed by atoms with E-state index in [0.29, 0.717) is 53.1 Å². The Bertz CT molecular complexity index is 1550. The van der Waals surface area contributed by atoms with E-state index < -0.39 is 13.0 Å². The van der Waals surface area contributed by atoms with Crippen LogP contribution in [0.1, 0.15) is 6.92 Å². The fourth-order valence-electron chi connectivity index (χ4n) is 5.63. The Kier molecular flexibility index (Phi) is 7.30. The molecule has 1 aromatic heterocycles. The molecule has 3 aromatic rings. The number of benzene rings is 2. The van der Waals surface area contributed by atoms with E-state index in [0.717, 1.165) is 26.2 Å². The number of para-hydroxylation sites is 1. The van der Waals surface area contributed by atoms with E-state index in [1.807, 2.05) is 29.2 Å². The highest BCUT2D eigenvalue weighted by molar-refractivity contribution is 7.70. The van der Waals surface area contributed by atoms with Crippen LogP contribution >= 0.6 is 18.7 Å². The second-order valence-electron chi connectivity index (χ2n) is 11.0. The number of nitrogens with one attached hydrogen (secondary N) is 2. The van der Waals surface area contributed by atoms with E-state index in [4.69, 9.17) is 16.3 Å². The summed E-state index contributed by atoms with van der Waals surface area (Å²) in [5.74, 6) is 0.724. The van der Waals surface area contributed by atoms with Gasteiger partial charge < -0.3 is 29.7 Å². The largest absolute Gasteiger partial charge is 0.489 e. The van der Waals surface area contributed by atoms with E-state index in [1.54, 1.807) is 26.3 Å². The van der Waals surface area contributed by atoms with Crippen molar-refractivity contribution >= 4 is 58.8 Å². The minimum absolute atomic E-state index is 0.0357. The zero-order valence-corrected chi connectivity index (χ0v) is 24.8.